The monoisotopic (exact) mass is 264 g/mol. The van der Waals surface area contributed by atoms with Crippen LogP contribution in [0, 0.1) is 0 Å². The molecule has 5 heteroatoms. The molecule has 0 aliphatic rings. The lowest BCUT2D eigenvalue weighted by Gasteiger charge is -2.02. The van der Waals surface area contributed by atoms with Crippen molar-refractivity contribution in [2.75, 3.05) is 7.11 Å². The van der Waals surface area contributed by atoms with E-state index in [1.54, 1.807) is 18.4 Å². The number of thiocarbonyl (C=S) groups is 1. The van der Waals surface area contributed by atoms with E-state index in [9.17, 15) is 0 Å². The summed E-state index contributed by atoms with van der Waals surface area (Å²) in [5, 5.41) is 3.48. The van der Waals surface area contributed by atoms with Crippen LogP contribution in [0.25, 0.3) is 10.2 Å². The zero-order valence-electron chi connectivity index (χ0n) is 9.85. The van der Waals surface area contributed by atoms with Crippen molar-refractivity contribution in [3.8, 4) is 5.75 Å². The summed E-state index contributed by atoms with van der Waals surface area (Å²) in [7, 11) is 1.61. The van der Waals surface area contributed by atoms with E-state index in [0.29, 0.717) is 17.4 Å². The van der Waals surface area contributed by atoms with Gasteiger partial charge in [0, 0.05) is 12.0 Å². The van der Waals surface area contributed by atoms with Gasteiger partial charge in [-0.3, -0.25) is 0 Å². The highest BCUT2D eigenvalue weighted by atomic mass is 32.1. The van der Waals surface area contributed by atoms with Gasteiger partial charge in [0.25, 0.3) is 0 Å². The molecule has 0 aliphatic carbocycles. The van der Waals surface area contributed by atoms with Crippen molar-refractivity contribution in [1.82, 2.24) is 4.98 Å². The Kier molecular flexibility index (Phi) is 3.52. The van der Waals surface area contributed by atoms with Crippen molar-refractivity contribution in [3.05, 3.63) is 17.1 Å². The number of fused-ring (bicyclic) bond motifs is 1. The van der Waals surface area contributed by atoms with E-state index in [0.717, 1.165) is 15.2 Å². The summed E-state index contributed by atoms with van der Waals surface area (Å²) >= 11 is 6.30. The number of rotatable bonds is 3. The van der Waals surface area contributed by atoms with Gasteiger partial charge in [-0.1, -0.05) is 13.8 Å². The van der Waals surface area contributed by atoms with E-state index in [1.165, 1.54) is 0 Å². The van der Waals surface area contributed by atoms with Crippen LogP contribution >= 0.6 is 23.6 Å². The quantitative estimate of drug-likeness (QED) is 0.616. The lowest BCUT2D eigenvalue weighted by molar-refractivity contribution is 0.417. The second kappa shape index (κ2) is 4.92. The van der Waals surface area contributed by atoms with Gasteiger partial charge in [-0.2, -0.15) is 4.99 Å². The van der Waals surface area contributed by atoms with E-state index in [1.807, 2.05) is 12.1 Å². The minimum atomic E-state index is 0.427. The molecule has 0 bridgehead atoms. The minimum absolute atomic E-state index is 0.427. The van der Waals surface area contributed by atoms with Crippen LogP contribution in [0.3, 0.4) is 0 Å². The number of hydrogen-bond acceptors (Lipinski definition) is 5. The van der Waals surface area contributed by atoms with Crippen molar-refractivity contribution < 1.29 is 4.74 Å². The topological polar surface area (TPSA) is 34.5 Å². The lowest BCUT2D eigenvalue weighted by atomic mass is 10.2. The van der Waals surface area contributed by atoms with Gasteiger partial charge in [0.1, 0.15) is 11.4 Å². The molecule has 0 amide bonds. The zero-order chi connectivity index (χ0) is 12.4. The number of benzene rings is 1. The van der Waals surface area contributed by atoms with Gasteiger partial charge >= 0.3 is 0 Å². The van der Waals surface area contributed by atoms with Crippen molar-refractivity contribution in [3.63, 3.8) is 0 Å². The first-order chi connectivity index (χ1) is 8.15. The molecule has 0 saturated carbocycles. The Balaban J connectivity index is 2.65. The minimum Gasteiger partial charge on any atom is -0.494 e. The van der Waals surface area contributed by atoms with Crippen molar-refractivity contribution >= 4 is 44.6 Å². The Bertz CT molecular complexity index is 598. The Hall–Kier alpha value is -1.29. The van der Waals surface area contributed by atoms with E-state index in [4.69, 9.17) is 4.74 Å². The molecule has 2 rings (SSSR count). The van der Waals surface area contributed by atoms with Crippen LogP contribution in [0.5, 0.6) is 5.75 Å². The molecule has 0 spiro atoms. The van der Waals surface area contributed by atoms with Crippen molar-refractivity contribution in [2.45, 2.75) is 19.8 Å². The van der Waals surface area contributed by atoms with Gasteiger partial charge in [-0.15, -0.1) is 11.3 Å². The molecule has 0 N–H and O–H groups in total. The summed E-state index contributed by atoms with van der Waals surface area (Å²) in [6, 6.07) is 3.83. The molecule has 0 unspecified atom stereocenters. The van der Waals surface area contributed by atoms with Gasteiger partial charge in [-0.25, -0.2) is 4.98 Å². The molecule has 17 heavy (non-hydrogen) atoms. The second-order valence-corrected chi connectivity index (χ2v) is 5.15. The van der Waals surface area contributed by atoms with Gasteiger partial charge < -0.3 is 4.74 Å². The van der Waals surface area contributed by atoms with Crippen LogP contribution in [0.1, 0.15) is 24.8 Å². The maximum Gasteiger partial charge on any atom is 0.147 e. The lowest BCUT2D eigenvalue weighted by Crippen LogP contribution is -1.85. The highest BCUT2D eigenvalue weighted by molar-refractivity contribution is 7.78. The molecule has 88 valence electrons. The maximum absolute atomic E-state index is 5.26. The Morgan fingerprint density at radius 1 is 1.47 bits per heavy atom. The van der Waals surface area contributed by atoms with Gasteiger partial charge in [0.05, 0.1) is 27.5 Å². The normalized spacial score (nSPS) is 10.6. The summed E-state index contributed by atoms with van der Waals surface area (Å²) in [6.45, 7) is 4.26. The Labute approximate surface area is 109 Å². The molecule has 1 aromatic heterocycles. The van der Waals surface area contributed by atoms with E-state index >= 15 is 0 Å². The van der Waals surface area contributed by atoms with Gasteiger partial charge in [0.15, 0.2) is 0 Å². The molecule has 0 saturated heterocycles. The molecule has 0 atom stereocenters. The second-order valence-electron chi connectivity index (χ2n) is 3.90. The highest BCUT2D eigenvalue weighted by Gasteiger charge is 2.11. The van der Waals surface area contributed by atoms with E-state index in [-0.39, 0.29) is 0 Å². The standard InChI is InChI=1S/C12H12N2OS2/c1-7(2)12-14-9-4-10(15-3)8(13-6-16)5-11(9)17-12/h4-5,7H,1-3H3. The van der Waals surface area contributed by atoms with Crippen LogP contribution in [-0.4, -0.2) is 17.3 Å². The summed E-state index contributed by atoms with van der Waals surface area (Å²) in [5.41, 5.74) is 1.65. The zero-order valence-corrected chi connectivity index (χ0v) is 11.5. The molecule has 0 aliphatic heterocycles. The number of hydrogen-bond donors (Lipinski definition) is 0. The number of aliphatic imine (C=N–C) groups is 1. The Morgan fingerprint density at radius 3 is 2.82 bits per heavy atom. The SMILES string of the molecule is COc1cc2nc(C(C)C)sc2cc1N=C=S. The third kappa shape index (κ3) is 2.36. The molecule has 3 nitrogen and oxygen atoms in total. The molecule has 0 radical (unpaired) electrons. The maximum atomic E-state index is 5.26. The predicted octanol–water partition coefficient (Wildman–Crippen LogP) is 4.16. The fourth-order valence-corrected chi connectivity index (χ4v) is 2.59. The molecular weight excluding hydrogens is 252 g/mol. The molecule has 1 heterocycles. The fraction of sp³-hybridized carbons (Fsp3) is 0.333. The van der Waals surface area contributed by atoms with Crippen LogP contribution < -0.4 is 4.74 Å². The summed E-state index contributed by atoms with van der Waals surface area (Å²) in [5.74, 6) is 1.10. The summed E-state index contributed by atoms with van der Waals surface area (Å²) < 4.78 is 6.36. The summed E-state index contributed by atoms with van der Waals surface area (Å²) in [4.78, 5) is 8.57. The first-order valence-electron chi connectivity index (χ1n) is 5.22. The van der Waals surface area contributed by atoms with Crippen molar-refractivity contribution in [2.24, 2.45) is 4.99 Å². The van der Waals surface area contributed by atoms with E-state index in [2.05, 4.69) is 41.2 Å². The fourth-order valence-electron chi connectivity index (χ4n) is 1.51. The largest absolute Gasteiger partial charge is 0.494 e. The third-order valence-corrected chi connectivity index (χ3v) is 3.78. The van der Waals surface area contributed by atoms with Crippen LogP contribution in [0.2, 0.25) is 0 Å². The van der Waals surface area contributed by atoms with Crippen LogP contribution in [0.4, 0.5) is 5.69 Å². The number of nitrogens with zero attached hydrogens (tertiary/aromatic N) is 2. The van der Waals surface area contributed by atoms with Crippen LogP contribution in [-0.2, 0) is 0 Å². The number of aromatic nitrogens is 1. The number of isothiocyanates is 1. The van der Waals surface area contributed by atoms with Crippen molar-refractivity contribution in [1.29, 1.82) is 0 Å². The van der Waals surface area contributed by atoms with E-state index < -0.39 is 0 Å². The molecule has 2 aromatic rings. The predicted molar refractivity (Wildman–Crippen MR) is 74.9 cm³/mol. The first-order valence-corrected chi connectivity index (χ1v) is 6.44. The highest BCUT2D eigenvalue weighted by Crippen LogP contribution is 2.36. The van der Waals surface area contributed by atoms with Gasteiger partial charge in [0.2, 0.25) is 0 Å². The number of thiazole rings is 1. The molecule has 0 fully saturated rings. The number of ether oxygens (including phenoxy) is 1. The third-order valence-electron chi connectivity index (χ3n) is 2.37. The molecular formula is C12H12N2OS2. The first kappa shape index (κ1) is 12.2. The smallest absolute Gasteiger partial charge is 0.147 e. The van der Waals surface area contributed by atoms with Gasteiger partial charge in [-0.05, 0) is 18.3 Å². The average molecular weight is 264 g/mol. The molecule has 1 aromatic carbocycles. The average Bonchev–Trinajstić information content (AvgIpc) is 2.71. The van der Waals surface area contributed by atoms with Crippen LogP contribution in [0.15, 0.2) is 17.1 Å². The summed E-state index contributed by atoms with van der Waals surface area (Å²) in [6.07, 6.45) is 0. The number of methoxy groups -OCH3 is 1. The Morgan fingerprint density at radius 2 is 2.24 bits per heavy atom.